The van der Waals surface area contributed by atoms with E-state index >= 15 is 0 Å². The van der Waals surface area contributed by atoms with Gasteiger partial charge in [0.1, 0.15) is 5.52 Å². The van der Waals surface area contributed by atoms with Gasteiger partial charge < -0.3 is 4.42 Å². The number of aromatic nitrogens is 1. The minimum absolute atomic E-state index is 0.221. The first kappa shape index (κ1) is 11.5. The van der Waals surface area contributed by atoms with E-state index in [1.807, 2.05) is 43.3 Å². The zero-order valence-corrected chi connectivity index (χ0v) is 10.4. The minimum Gasteiger partial charge on any atom is -0.423 e. The maximum absolute atomic E-state index is 12.0. The van der Waals surface area contributed by atoms with Crippen molar-refractivity contribution in [2.24, 2.45) is 0 Å². The fraction of sp³-hybridized carbons (Fsp3) is 0.0667. The fourth-order valence-corrected chi connectivity index (χ4v) is 1.90. The lowest BCUT2D eigenvalue weighted by Gasteiger charge is -1.99. The van der Waals surface area contributed by atoms with Crippen LogP contribution in [0.4, 0.5) is 6.01 Å². The Morgan fingerprint density at radius 3 is 2.63 bits per heavy atom. The molecule has 4 nitrogen and oxygen atoms in total. The van der Waals surface area contributed by atoms with Crippen LogP contribution in [0.15, 0.2) is 52.9 Å². The van der Waals surface area contributed by atoms with Crippen molar-refractivity contribution >= 4 is 23.0 Å². The summed E-state index contributed by atoms with van der Waals surface area (Å²) in [5.74, 6) is -0.232. The number of hydrogen-bond acceptors (Lipinski definition) is 3. The maximum Gasteiger partial charge on any atom is 0.302 e. The van der Waals surface area contributed by atoms with E-state index < -0.39 is 0 Å². The van der Waals surface area contributed by atoms with E-state index in [-0.39, 0.29) is 11.9 Å². The van der Waals surface area contributed by atoms with Gasteiger partial charge in [0.2, 0.25) is 0 Å². The average Bonchev–Trinajstić information content (AvgIpc) is 2.84. The Balaban J connectivity index is 1.90. The number of fused-ring (bicyclic) bond motifs is 1. The molecule has 4 heteroatoms. The highest BCUT2D eigenvalue weighted by atomic mass is 16.4. The predicted molar refractivity (Wildman–Crippen MR) is 73.1 cm³/mol. The van der Waals surface area contributed by atoms with Crippen molar-refractivity contribution in [2.45, 2.75) is 6.92 Å². The van der Waals surface area contributed by atoms with Crippen LogP contribution in [-0.2, 0) is 0 Å². The van der Waals surface area contributed by atoms with Crippen LogP contribution in [0.25, 0.3) is 11.1 Å². The van der Waals surface area contributed by atoms with Gasteiger partial charge in [-0.05, 0) is 30.7 Å². The molecule has 0 spiro atoms. The second kappa shape index (κ2) is 4.57. The van der Waals surface area contributed by atoms with Gasteiger partial charge in [0.05, 0.1) is 0 Å². The highest BCUT2D eigenvalue weighted by molar-refractivity contribution is 6.03. The van der Waals surface area contributed by atoms with E-state index in [2.05, 4.69) is 10.3 Å². The molecule has 0 aliphatic rings. The van der Waals surface area contributed by atoms with Gasteiger partial charge in [-0.1, -0.05) is 30.3 Å². The van der Waals surface area contributed by atoms with E-state index in [4.69, 9.17) is 4.42 Å². The summed E-state index contributed by atoms with van der Waals surface area (Å²) in [6.07, 6.45) is 0. The van der Waals surface area contributed by atoms with Crippen LogP contribution in [0.3, 0.4) is 0 Å². The third-order valence-electron chi connectivity index (χ3n) is 2.88. The number of anilines is 1. The Bertz CT molecular complexity index is 732. The molecule has 0 saturated carbocycles. The topological polar surface area (TPSA) is 55.1 Å². The predicted octanol–water partition coefficient (Wildman–Crippen LogP) is 3.39. The zero-order valence-electron chi connectivity index (χ0n) is 10.4. The molecule has 19 heavy (non-hydrogen) atoms. The van der Waals surface area contributed by atoms with Gasteiger partial charge in [0, 0.05) is 5.56 Å². The zero-order chi connectivity index (χ0) is 13.2. The molecule has 0 aliphatic heterocycles. The number of benzene rings is 2. The third kappa shape index (κ3) is 2.20. The Labute approximate surface area is 110 Å². The normalized spacial score (nSPS) is 10.6. The molecule has 0 atom stereocenters. The van der Waals surface area contributed by atoms with Crippen molar-refractivity contribution < 1.29 is 9.21 Å². The van der Waals surface area contributed by atoms with Crippen LogP contribution in [0, 0.1) is 6.92 Å². The van der Waals surface area contributed by atoms with Gasteiger partial charge in [-0.25, -0.2) is 0 Å². The summed E-state index contributed by atoms with van der Waals surface area (Å²) in [6, 6.07) is 14.9. The molecule has 0 radical (unpaired) electrons. The van der Waals surface area contributed by atoms with Crippen molar-refractivity contribution in [3.63, 3.8) is 0 Å². The van der Waals surface area contributed by atoms with Crippen molar-refractivity contribution in [1.82, 2.24) is 4.98 Å². The SMILES string of the molecule is Cc1cccc2oc(NC(=O)c3ccccc3)nc12. The Hall–Kier alpha value is -2.62. The lowest BCUT2D eigenvalue weighted by atomic mass is 10.2. The largest absolute Gasteiger partial charge is 0.423 e. The molecule has 0 bridgehead atoms. The fourth-order valence-electron chi connectivity index (χ4n) is 1.90. The Kier molecular flexibility index (Phi) is 2.76. The molecule has 3 rings (SSSR count). The maximum atomic E-state index is 12.0. The first-order valence-electron chi connectivity index (χ1n) is 5.96. The van der Waals surface area contributed by atoms with E-state index in [0.717, 1.165) is 11.1 Å². The Morgan fingerprint density at radius 2 is 1.89 bits per heavy atom. The monoisotopic (exact) mass is 252 g/mol. The molecule has 1 heterocycles. The van der Waals surface area contributed by atoms with Crippen molar-refractivity contribution in [3.8, 4) is 0 Å². The van der Waals surface area contributed by atoms with Crippen LogP contribution in [0.5, 0.6) is 0 Å². The second-order valence-corrected chi connectivity index (χ2v) is 4.26. The summed E-state index contributed by atoms with van der Waals surface area (Å²) in [5, 5.41) is 2.66. The number of nitrogens with one attached hydrogen (secondary N) is 1. The highest BCUT2D eigenvalue weighted by Gasteiger charge is 2.11. The summed E-state index contributed by atoms with van der Waals surface area (Å²) >= 11 is 0. The molecule has 94 valence electrons. The molecular weight excluding hydrogens is 240 g/mol. The smallest absolute Gasteiger partial charge is 0.302 e. The van der Waals surface area contributed by atoms with E-state index in [9.17, 15) is 4.79 Å². The summed E-state index contributed by atoms with van der Waals surface area (Å²) < 4.78 is 5.50. The van der Waals surface area contributed by atoms with E-state index in [1.165, 1.54) is 0 Å². The van der Waals surface area contributed by atoms with Gasteiger partial charge in [-0.3, -0.25) is 10.1 Å². The minimum atomic E-state index is -0.232. The van der Waals surface area contributed by atoms with Gasteiger partial charge in [0.15, 0.2) is 5.58 Å². The molecule has 1 amide bonds. The van der Waals surface area contributed by atoms with E-state index in [1.54, 1.807) is 12.1 Å². The first-order valence-corrected chi connectivity index (χ1v) is 5.96. The van der Waals surface area contributed by atoms with E-state index in [0.29, 0.717) is 11.1 Å². The van der Waals surface area contributed by atoms with Gasteiger partial charge in [-0.2, -0.15) is 4.98 Å². The van der Waals surface area contributed by atoms with Gasteiger partial charge in [0.25, 0.3) is 5.91 Å². The molecule has 1 N–H and O–H groups in total. The van der Waals surface area contributed by atoms with Crippen molar-refractivity contribution in [3.05, 3.63) is 59.7 Å². The summed E-state index contributed by atoms with van der Waals surface area (Å²) in [4.78, 5) is 16.2. The third-order valence-corrected chi connectivity index (χ3v) is 2.88. The standard InChI is InChI=1S/C15H12N2O2/c1-10-6-5-9-12-13(10)16-15(19-12)17-14(18)11-7-3-2-4-8-11/h2-9H,1H3,(H,16,17,18). The highest BCUT2D eigenvalue weighted by Crippen LogP contribution is 2.21. The number of oxazole rings is 1. The van der Waals surface area contributed by atoms with Crippen LogP contribution in [0.2, 0.25) is 0 Å². The summed E-state index contributed by atoms with van der Waals surface area (Å²) in [6.45, 7) is 1.95. The number of carbonyl (C=O) groups is 1. The van der Waals surface area contributed by atoms with Gasteiger partial charge >= 0.3 is 6.01 Å². The number of rotatable bonds is 2. The molecule has 0 fully saturated rings. The number of nitrogens with zero attached hydrogens (tertiary/aromatic N) is 1. The quantitative estimate of drug-likeness (QED) is 0.760. The number of aryl methyl sites for hydroxylation is 1. The first-order chi connectivity index (χ1) is 9.24. The number of para-hydroxylation sites is 1. The lowest BCUT2D eigenvalue weighted by Crippen LogP contribution is -2.11. The van der Waals surface area contributed by atoms with Crippen molar-refractivity contribution in [1.29, 1.82) is 0 Å². The number of amides is 1. The summed E-state index contributed by atoms with van der Waals surface area (Å²) in [5.41, 5.74) is 3.03. The van der Waals surface area contributed by atoms with Crippen LogP contribution < -0.4 is 5.32 Å². The van der Waals surface area contributed by atoms with Crippen LogP contribution >= 0.6 is 0 Å². The second-order valence-electron chi connectivity index (χ2n) is 4.26. The van der Waals surface area contributed by atoms with Gasteiger partial charge in [-0.15, -0.1) is 0 Å². The molecule has 1 aromatic heterocycles. The molecule has 0 saturated heterocycles. The molecule has 0 aliphatic carbocycles. The number of carbonyl (C=O) groups excluding carboxylic acids is 1. The molecular formula is C15H12N2O2. The average molecular weight is 252 g/mol. The summed E-state index contributed by atoms with van der Waals surface area (Å²) in [7, 11) is 0. The lowest BCUT2D eigenvalue weighted by molar-refractivity contribution is 0.102. The number of hydrogen-bond donors (Lipinski definition) is 1. The van der Waals surface area contributed by atoms with Crippen LogP contribution in [-0.4, -0.2) is 10.9 Å². The Morgan fingerprint density at radius 1 is 1.11 bits per heavy atom. The van der Waals surface area contributed by atoms with Crippen LogP contribution in [0.1, 0.15) is 15.9 Å². The van der Waals surface area contributed by atoms with Crippen molar-refractivity contribution in [2.75, 3.05) is 5.32 Å². The molecule has 3 aromatic rings. The molecule has 2 aromatic carbocycles. The molecule has 0 unspecified atom stereocenters.